The van der Waals surface area contributed by atoms with Crippen molar-refractivity contribution in [1.29, 1.82) is 0 Å². The van der Waals surface area contributed by atoms with Gasteiger partial charge in [-0.05, 0) is 18.2 Å². The molecule has 0 atom stereocenters. The maximum atomic E-state index is 11.5. The molecule has 0 aliphatic heterocycles. The van der Waals surface area contributed by atoms with Crippen LogP contribution in [0.1, 0.15) is 19.8 Å². The van der Waals surface area contributed by atoms with Gasteiger partial charge in [-0.3, -0.25) is 14.9 Å². The third-order valence-electron chi connectivity index (χ3n) is 2.74. The third-order valence-corrected chi connectivity index (χ3v) is 3.78. The summed E-state index contributed by atoms with van der Waals surface area (Å²) in [6.45, 7) is 3.02. The second-order valence-corrected chi connectivity index (χ2v) is 5.56. The van der Waals surface area contributed by atoms with Gasteiger partial charge in [-0.15, -0.1) is 0 Å². The molecule has 1 aromatic rings. The summed E-state index contributed by atoms with van der Waals surface area (Å²) in [5.41, 5.74) is 0.507. The zero-order valence-electron chi connectivity index (χ0n) is 12.1. The van der Waals surface area contributed by atoms with E-state index in [1.807, 2.05) is 0 Å². The summed E-state index contributed by atoms with van der Waals surface area (Å²) in [6.07, 6.45) is 2.26. The van der Waals surface area contributed by atoms with Crippen molar-refractivity contribution >= 4 is 29.0 Å². The Morgan fingerprint density at radius 2 is 2.10 bits per heavy atom. The van der Waals surface area contributed by atoms with Gasteiger partial charge in [0.2, 0.25) is 5.91 Å². The predicted molar refractivity (Wildman–Crippen MR) is 86.8 cm³/mol. The van der Waals surface area contributed by atoms with Gasteiger partial charge in [0.05, 0.1) is 10.7 Å². The SMILES string of the molecule is CCCCSCC(=O)NCCNc1ccccc1[N+](=O)[O-]. The number of nitrogens with one attached hydrogen (secondary N) is 2. The van der Waals surface area contributed by atoms with Crippen LogP contribution in [0.5, 0.6) is 0 Å². The number of rotatable bonds is 10. The first-order valence-corrected chi connectivity index (χ1v) is 8.12. The lowest BCUT2D eigenvalue weighted by atomic mass is 10.2. The summed E-state index contributed by atoms with van der Waals surface area (Å²) < 4.78 is 0. The number of benzene rings is 1. The number of carbonyl (C=O) groups is 1. The van der Waals surface area contributed by atoms with Crippen LogP contribution in [0.4, 0.5) is 11.4 Å². The van der Waals surface area contributed by atoms with Gasteiger partial charge < -0.3 is 10.6 Å². The summed E-state index contributed by atoms with van der Waals surface area (Å²) >= 11 is 1.62. The Labute approximate surface area is 128 Å². The molecule has 0 radical (unpaired) electrons. The van der Waals surface area contributed by atoms with E-state index in [0.717, 1.165) is 18.6 Å². The number of nitro groups is 1. The smallest absolute Gasteiger partial charge is 0.292 e. The molecule has 0 bridgehead atoms. The number of anilines is 1. The molecule has 21 heavy (non-hydrogen) atoms. The van der Waals surface area contributed by atoms with Gasteiger partial charge in [0.1, 0.15) is 5.69 Å². The first-order chi connectivity index (χ1) is 10.1. The largest absolute Gasteiger partial charge is 0.378 e. The highest BCUT2D eigenvalue weighted by Gasteiger charge is 2.11. The van der Waals surface area contributed by atoms with Gasteiger partial charge >= 0.3 is 0 Å². The standard InChI is InChI=1S/C14H21N3O3S/c1-2-3-10-21-11-14(18)16-9-8-15-12-6-4-5-7-13(12)17(19)20/h4-7,15H,2-3,8-11H2,1H3,(H,16,18). The minimum atomic E-state index is -0.425. The van der Waals surface area contributed by atoms with E-state index in [1.54, 1.807) is 30.0 Å². The summed E-state index contributed by atoms with van der Waals surface area (Å²) in [7, 11) is 0. The van der Waals surface area contributed by atoms with Crippen LogP contribution in [-0.2, 0) is 4.79 Å². The fourth-order valence-corrected chi connectivity index (χ4v) is 2.57. The molecule has 0 fully saturated rings. The molecule has 1 rings (SSSR count). The molecule has 0 unspecified atom stereocenters. The van der Waals surface area contributed by atoms with Crippen molar-refractivity contribution in [3.63, 3.8) is 0 Å². The van der Waals surface area contributed by atoms with E-state index < -0.39 is 4.92 Å². The molecule has 6 nitrogen and oxygen atoms in total. The van der Waals surface area contributed by atoms with Gasteiger partial charge in [0.15, 0.2) is 0 Å². The Kier molecular flexibility index (Phi) is 8.27. The maximum absolute atomic E-state index is 11.5. The lowest BCUT2D eigenvalue weighted by Crippen LogP contribution is -2.30. The highest BCUT2D eigenvalue weighted by Crippen LogP contribution is 2.22. The second kappa shape index (κ2) is 10.0. The van der Waals surface area contributed by atoms with Crippen molar-refractivity contribution in [2.45, 2.75) is 19.8 Å². The Morgan fingerprint density at radius 1 is 1.33 bits per heavy atom. The van der Waals surface area contributed by atoms with Crippen LogP contribution in [0.3, 0.4) is 0 Å². The molecule has 0 aliphatic rings. The van der Waals surface area contributed by atoms with Crippen LogP contribution in [0.15, 0.2) is 24.3 Å². The average Bonchev–Trinajstić information content (AvgIpc) is 2.48. The molecule has 0 spiro atoms. The molecule has 0 saturated carbocycles. The Balaban J connectivity index is 2.22. The van der Waals surface area contributed by atoms with Crippen LogP contribution < -0.4 is 10.6 Å². The van der Waals surface area contributed by atoms with Gasteiger partial charge in [0, 0.05) is 19.2 Å². The van der Waals surface area contributed by atoms with Crippen LogP contribution in [-0.4, -0.2) is 35.4 Å². The van der Waals surface area contributed by atoms with E-state index in [2.05, 4.69) is 17.6 Å². The second-order valence-electron chi connectivity index (χ2n) is 4.46. The summed E-state index contributed by atoms with van der Waals surface area (Å²) in [6, 6.07) is 6.46. The van der Waals surface area contributed by atoms with Gasteiger partial charge in [-0.25, -0.2) is 0 Å². The van der Waals surface area contributed by atoms with Crippen molar-refractivity contribution in [3.8, 4) is 0 Å². The van der Waals surface area contributed by atoms with Crippen molar-refractivity contribution in [1.82, 2.24) is 5.32 Å². The molecule has 0 heterocycles. The molecule has 116 valence electrons. The summed E-state index contributed by atoms with van der Waals surface area (Å²) in [5.74, 6) is 1.46. The number of nitrogens with zero attached hydrogens (tertiary/aromatic N) is 1. The van der Waals surface area contributed by atoms with E-state index in [9.17, 15) is 14.9 Å². The third kappa shape index (κ3) is 6.99. The highest BCUT2D eigenvalue weighted by molar-refractivity contribution is 7.99. The van der Waals surface area contributed by atoms with Crippen LogP contribution >= 0.6 is 11.8 Å². The fraction of sp³-hybridized carbons (Fsp3) is 0.500. The van der Waals surface area contributed by atoms with E-state index in [1.165, 1.54) is 6.07 Å². The Bertz CT molecular complexity index is 469. The summed E-state index contributed by atoms with van der Waals surface area (Å²) in [4.78, 5) is 21.9. The zero-order chi connectivity index (χ0) is 15.5. The van der Waals surface area contributed by atoms with Gasteiger partial charge in [-0.2, -0.15) is 11.8 Å². The minimum absolute atomic E-state index is 0.000430. The Hall–Kier alpha value is -1.76. The number of amides is 1. The molecule has 7 heteroatoms. The first-order valence-electron chi connectivity index (χ1n) is 6.97. The summed E-state index contributed by atoms with van der Waals surface area (Å²) in [5, 5.41) is 16.6. The lowest BCUT2D eigenvalue weighted by molar-refractivity contribution is -0.384. The number of thioether (sulfide) groups is 1. The van der Waals surface area contributed by atoms with Crippen molar-refractivity contribution in [2.75, 3.05) is 29.9 Å². The van der Waals surface area contributed by atoms with Crippen molar-refractivity contribution < 1.29 is 9.72 Å². The average molecular weight is 311 g/mol. The van der Waals surface area contributed by atoms with Crippen LogP contribution in [0.25, 0.3) is 0 Å². The highest BCUT2D eigenvalue weighted by atomic mass is 32.2. The zero-order valence-corrected chi connectivity index (χ0v) is 12.9. The monoisotopic (exact) mass is 311 g/mol. The van der Waals surface area contributed by atoms with E-state index in [-0.39, 0.29) is 11.6 Å². The van der Waals surface area contributed by atoms with E-state index in [4.69, 9.17) is 0 Å². The van der Waals surface area contributed by atoms with E-state index in [0.29, 0.717) is 24.5 Å². The number of carbonyl (C=O) groups excluding carboxylic acids is 1. The lowest BCUT2D eigenvalue weighted by Gasteiger charge is -2.08. The quantitative estimate of drug-likeness (QED) is 0.394. The van der Waals surface area contributed by atoms with Gasteiger partial charge in [0.25, 0.3) is 5.69 Å². The van der Waals surface area contributed by atoms with Crippen LogP contribution in [0, 0.1) is 10.1 Å². The van der Waals surface area contributed by atoms with E-state index >= 15 is 0 Å². The van der Waals surface area contributed by atoms with Crippen molar-refractivity contribution in [3.05, 3.63) is 34.4 Å². The molecule has 1 aromatic carbocycles. The van der Waals surface area contributed by atoms with Crippen molar-refractivity contribution in [2.24, 2.45) is 0 Å². The Morgan fingerprint density at radius 3 is 2.81 bits per heavy atom. The molecule has 0 saturated heterocycles. The molecule has 0 aromatic heterocycles. The number of nitro benzene ring substituents is 1. The number of para-hydroxylation sites is 2. The number of hydrogen-bond donors (Lipinski definition) is 2. The van der Waals surface area contributed by atoms with Gasteiger partial charge in [-0.1, -0.05) is 25.5 Å². The normalized spacial score (nSPS) is 10.1. The van der Waals surface area contributed by atoms with Crippen LogP contribution in [0.2, 0.25) is 0 Å². The fourth-order valence-electron chi connectivity index (χ4n) is 1.64. The molecular weight excluding hydrogens is 290 g/mol. The predicted octanol–water partition coefficient (Wildman–Crippen LogP) is 2.66. The molecular formula is C14H21N3O3S. The topological polar surface area (TPSA) is 84.3 Å². The molecule has 0 aliphatic carbocycles. The number of hydrogen-bond acceptors (Lipinski definition) is 5. The molecule has 2 N–H and O–H groups in total. The molecule has 1 amide bonds. The first kappa shape index (κ1) is 17.3. The maximum Gasteiger partial charge on any atom is 0.292 e. The minimum Gasteiger partial charge on any atom is -0.378 e. The number of unbranched alkanes of at least 4 members (excludes halogenated alkanes) is 1.